The van der Waals surface area contributed by atoms with E-state index >= 15 is 0 Å². The van der Waals surface area contributed by atoms with Crippen molar-refractivity contribution in [3.63, 3.8) is 0 Å². The summed E-state index contributed by atoms with van der Waals surface area (Å²) >= 11 is 0. The molecule has 0 radical (unpaired) electrons. The van der Waals surface area contributed by atoms with E-state index in [9.17, 15) is 9.59 Å². The zero-order valence-corrected chi connectivity index (χ0v) is 17.9. The van der Waals surface area contributed by atoms with Gasteiger partial charge in [-0.1, -0.05) is 26.8 Å². The van der Waals surface area contributed by atoms with Gasteiger partial charge < -0.3 is 15.0 Å². The second-order valence-electron chi connectivity index (χ2n) is 7.19. The van der Waals surface area contributed by atoms with Crippen LogP contribution >= 0.6 is 0 Å². The molecule has 0 aliphatic carbocycles. The average Bonchev–Trinajstić information content (AvgIpc) is 2.73. The van der Waals surface area contributed by atoms with E-state index in [1.165, 1.54) is 0 Å². The van der Waals surface area contributed by atoms with Crippen molar-refractivity contribution in [3.8, 4) is 5.75 Å². The zero-order valence-electron chi connectivity index (χ0n) is 17.9. The van der Waals surface area contributed by atoms with Gasteiger partial charge in [0.2, 0.25) is 0 Å². The lowest BCUT2D eigenvalue weighted by Gasteiger charge is -2.21. The molecule has 0 saturated carbocycles. The van der Waals surface area contributed by atoms with Crippen molar-refractivity contribution in [2.24, 2.45) is 0 Å². The van der Waals surface area contributed by atoms with E-state index in [0.717, 1.165) is 32.4 Å². The van der Waals surface area contributed by atoms with Crippen LogP contribution in [0.3, 0.4) is 0 Å². The van der Waals surface area contributed by atoms with E-state index in [4.69, 9.17) is 4.74 Å². The summed E-state index contributed by atoms with van der Waals surface area (Å²) in [7, 11) is 0. The van der Waals surface area contributed by atoms with Gasteiger partial charge in [-0.15, -0.1) is 0 Å². The number of benzene rings is 2. The first-order valence-electron chi connectivity index (χ1n) is 10.5. The van der Waals surface area contributed by atoms with Crippen LogP contribution in [-0.4, -0.2) is 35.9 Å². The smallest absolute Gasteiger partial charge is 0.255 e. The van der Waals surface area contributed by atoms with Gasteiger partial charge in [-0.05, 0) is 68.7 Å². The molecule has 5 nitrogen and oxygen atoms in total. The average molecular weight is 397 g/mol. The summed E-state index contributed by atoms with van der Waals surface area (Å²) in [6.07, 6.45) is 2.85. The van der Waals surface area contributed by atoms with Gasteiger partial charge in [0.05, 0.1) is 6.10 Å². The van der Waals surface area contributed by atoms with E-state index < -0.39 is 0 Å². The molecule has 2 aromatic rings. The molecule has 1 N–H and O–H groups in total. The van der Waals surface area contributed by atoms with Crippen LogP contribution in [0.2, 0.25) is 0 Å². The highest BCUT2D eigenvalue weighted by molar-refractivity contribution is 6.04. The Morgan fingerprint density at radius 2 is 1.62 bits per heavy atom. The Labute approximate surface area is 174 Å². The van der Waals surface area contributed by atoms with Gasteiger partial charge in [0.25, 0.3) is 11.8 Å². The number of rotatable bonds is 10. The van der Waals surface area contributed by atoms with Crippen molar-refractivity contribution >= 4 is 17.5 Å². The number of anilines is 1. The summed E-state index contributed by atoms with van der Waals surface area (Å²) in [5.74, 6) is 0.499. The second kappa shape index (κ2) is 11.2. The monoisotopic (exact) mass is 396 g/mol. The van der Waals surface area contributed by atoms with Crippen LogP contribution in [0.1, 0.15) is 67.7 Å². The first kappa shape index (κ1) is 22.5. The Morgan fingerprint density at radius 3 is 2.21 bits per heavy atom. The zero-order chi connectivity index (χ0) is 21.2. The summed E-state index contributed by atoms with van der Waals surface area (Å²) in [4.78, 5) is 27.1. The van der Waals surface area contributed by atoms with Crippen LogP contribution in [-0.2, 0) is 0 Å². The maximum atomic E-state index is 12.7. The normalized spacial score (nSPS) is 11.6. The minimum atomic E-state index is -0.211. The maximum absolute atomic E-state index is 12.7. The number of nitrogens with one attached hydrogen (secondary N) is 1. The van der Waals surface area contributed by atoms with Gasteiger partial charge in [0, 0.05) is 29.9 Å². The van der Waals surface area contributed by atoms with Crippen molar-refractivity contribution in [2.45, 2.75) is 53.1 Å². The fourth-order valence-corrected chi connectivity index (χ4v) is 2.96. The van der Waals surface area contributed by atoms with Crippen LogP contribution in [0.25, 0.3) is 0 Å². The molecule has 156 valence electrons. The van der Waals surface area contributed by atoms with E-state index in [2.05, 4.69) is 26.1 Å². The fraction of sp³-hybridized carbons (Fsp3) is 0.417. The van der Waals surface area contributed by atoms with E-state index in [1.54, 1.807) is 36.4 Å². The summed E-state index contributed by atoms with van der Waals surface area (Å²) in [6.45, 7) is 9.69. The lowest BCUT2D eigenvalue weighted by molar-refractivity contribution is 0.0755. The van der Waals surface area contributed by atoms with Crippen molar-refractivity contribution in [1.82, 2.24) is 4.90 Å². The van der Waals surface area contributed by atoms with Crippen molar-refractivity contribution in [1.29, 1.82) is 0 Å². The third-order valence-corrected chi connectivity index (χ3v) is 4.67. The molecule has 0 aliphatic heterocycles. The molecule has 0 saturated heterocycles. The minimum absolute atomic E-state index is 0.0291. The molecule has 0 fully saturated rings. The largest absolute Gasteiger partial charge is 0.491 e. The van der Waals surface area contributed by atoms with Crippen LogP contribution in [0, 0.1) is 0 Å². The lowest BCUT2D eigenvalue weighted by Crippen LogP contribution is -2.32. The molecule has 2 rings (SSSR count). The Morgan fingerprint density at radius 1 is 0.966 bits per heavy atom. The number of ether oxygens (including phenoxy) is 1. The molecule has 2 amide bonds. The minimum Gasteiger partial charge on any atom is -0.491 e. The quantitative estimate of drug-likeness (QED) is 0.587. The van der Waals surface area contributed by atoms with E-state index in [1.807, 2.05) is 24.0 Å². The van der Waals surface area contributed by atoms with E-state index in [0.29, 0.717) is 22.6 Å². The molecule has 0 spiro atoms. The van der Waals surface area contributed by atoms with Gasteiger partial charge in [0.15, 0.2) is 0 Å². The SMILES string of the molecule is CCCN(CCC)C(=O)c1ccc(NC(=O)c2cccc(OC(C)CC)c2)cc1. The topological polar surface area (TPSA) is 58.6 Å². The Kier molecular flexibility index (Phi) is 8.71. The van der Waals surface area contributed by atoms with E-state index in [-0.39, 0.29) is 17.9 Å². The van der Waals surface area contributed by atoms with Crippen molar-refractivity contribution in [3.05, 3.63) is 59.7 Å². The molecular weight excluding hydrogens is 364 g/mol. The molecular formula is C24H32N2O3. The van der Waals surface area contributed by atoms with Gasteiger partial charge >= 0.3 is 0 Å². The summed E-state index contributed by atoms with van der Waals surface area (Å²) in [6, 6.07) is 14.2. The Bertz CT molecular complexity index is 796. The van der Waals surface area contributed by atoms with Gasteiger partial charge in [-0.2, -0.15) is 0 Å². The van der Waals surface area contributed by atoms with Crippen molar-refractivity contribution in [2.75, 3.05) is 18.4 Å². The third kappa shape index (κ3) is 6.63. The number of amides is 2. The second-order valence-corrected chi connectivity index (χ2v) is 7.19. The number of carbonyl (C=O) groups is 2. The number of hydrogen-bond acceptors (Lipinski definition) is 3. The highest BCUT2D eigenvalue weighted by Crippen LogP contribution is 2.18. The van der Waals surface area contributed by atoms with Crippen LogP contribution in [0.4, 0.5) is 5.69 Å². The van der Waals surface area contributed by atoms with Gasteiger partial charge in [0.1, 0.15) is 5.75 Å². The standard InChI is InChI=1S/C24H32N2O3/c1-5-15-26(16-6-2)24(28)19-11-13-21(14-12-19)25-23(27)20-9-8-10-22(17-20)29-18(4)7-3/h8-14,17-18H,5-7,15-16H2,1-4H3,(H,25,27). The summed E-state index contributed by atoms with van der Waals surface area (Å²) < 4.78 is 5.79. The van der Waals surface area contributed by atoms with Gasteiger partial charge in [-0.3, -0.25) is 9.59 Å². The molecule has 0 aromatic heterocycles. The van der Waals surface area contributed by atoms with Gasteiger partial charge in [-0.25, -0.2) is 0 Å². The first-order chi connectivity index (χ1) is 14.0. The Balaban J connectivity index is 2.04. The summed E-state index contributed by atoms with van der Waals surface area (Å²) in [5, 5.41) is 2.88. The number of carbonyl (C=O) groups excluding carboxylic acids is 2. The fourth-order valence-electron chi connectivity index (χ4n) is 2.96. The first-order valence-corrected chi connectivity index (χ1v) is 10.5. The summed E-state index contributed by atoms with van der Waals surface area (Å²) in [5.41, 5.74) is 1.81. The van der Waals surface area contributed by atoms with Crippen LogP contribution in [0.5, 0.6) is 5.75 Å². The highest BCUT2D eigenvalue weighted by Gasteiger charge is 2.14. The molecule has 0 bridgehead atoms. The van der Waals surface area contributed by atoms with Crippen molar-refractivity contribution < 1.29 is 14.3 Å². The molecule has 29 heavy (non-hydrogen) atoms. The number of hydrogen-bond donors (Lipinski definition) is 1. The molecule has 2 aromatic carbocycles. The maximum Gasteiger partial charge on any atom is 0.255 e. The number of nitrogens with zero attached hydrogens (tertiary/aromatic N) is 1. The molecule has 1 atom stereocenters. The highest BCUT2D eigenvalue weighted by atomic mass is 16.5. The molecule has 0 heterocycles. The lowest BCUT2D eigenvalue weighted by atomic mass is 10.1. The third-order valence-electron chi connectivity index (χ3n) is 4.67. The predicted octanol–water partition coefficient (Wildman–Crippen LogP) is 5.38. The molecule has 1 unspecified atom stereocenters. The van der Waals surface area contributed by atoms with Crippen LogP contribution in [0.15, 0.2) is 48.5 Å². The predicted molar refractivity (Wildman–Crippen MR) is 118 cm³/mol. The molecule has 5 heteroatoms. The Hall–Kier alpha value is -2.82. The molecule has 0 aliphatic rings. The van der Waals surface area contributed by atoms with Crippen LogP contribution < -0.4 is 10.1 Å².